The van der Waals surface area contributed by atoms with Gasteiger partial charge in [0.2, 0.25) is 0 Å². The Morgan fingerprint density at radius 3 is 2.55 bits per heavy atom. The average molecular weight is 283 g/mol. The molecule has 1 fully saturated rings. The molecule has 2 atom stereocenters. The van der Waals surface area contributed by atoms with Crippen LogP contribution in [0.3, 0.4) is 0 Å². The zero-order chi connectivity index (χ0) is 15.0. The van der Waals surface area contributed by atoms with Crippen molar-refractivity contribution in [3.63, 3.8) is 0 Å². The zero-order valence-corrected chi connectivity index (χ0v) is 14.7. The van der Waals surface area contributed by atoms with Gasteiger partial charge in [-0.1, -0.05) is 39.5 Å². The van der Waals surface area contributed by atoms with Gasteiger partial charge in [0.25, 0.3) is 0 Å². The van der Waals surface area contributed by atoms with Gasteiger partial charge in [-0.05, 0) is 52.5 Å². The monoisotopic (exact) mass is 282 g/mol. The molecular weight excluding hydrogens is 244 g/mol. The molecule has 20 heavy (non-hydrogen) atoms. The fourth-order valence-corrected chi connectivity index (χ4v) is 3.20. The van der Waals surface area contributed by atoms with Crippen molar-refractivity contribution < 1.29 is 0 Å². The quantitative estimate of drug-likeness (QED) is 0.708. The minimum atomic E-state index is 0.246. The minimum Gasteiger partial charge on any atom is -0.311 e. The van der Waals surface area contributed by atoms with Crippen LogP contribution < -0.4 is 5.32 Å². The van der Waals surface area contributed by atoms with E-state index in [2.05, 4.69) is 44.8 Å². The Kier molecular flexibility index (Phi) is 8.13. The first kappa shape index (κ1) is 18.0. The van der Waals surface area contributed by atoms with E-state index in [9.17, 15) is 0 Å². The van der Waals surface area contributed by atoms with E-state index in [-0.39, 0.29) is 5.54 Å². The van der Waals surface area contributed by atoms with Crippen molar-refractivity contribution in [2.24, 2.45) is 5.92 Å². The van der Waals surface area contributed by atoms with E-state index in [0.717, 1.165) is 18.5 Å². The molecule has 2 heteroatoms. The molecule has 1 rings (SSSR count). The second-order valence-electron chi connectivity index (χ2n) is 7.69. The minimum absolute atomic E-state index is 0.246. The summed E-state index contributed by atoms with van der Waals surface area (Å²) in [5.74, 6) is 0.908. The van der Waals surface area contributed by atoms with E-state index in [4.69, 9.17) is 0 Å². The normalized spacial score (nSPS) is 22.9. The van der Waals surface area contributed by atoms with Crippen LogP contribution in [0.4, 0.5) is 0 Å². The van der Waals surface area contributed by atoms with Gasteiger partial charge in [0.15, 0.2) is 0 Å². The summed E-state index contributed by atoms with van der Waals surface area (Å²) in [6.07, 6.45) is 9.70. The third-order valence-electron chi connectivity index (χ3n) is 4.65. The van der Waals surface area contributed by atoms with Crippen molar-refractivity contribution in [2.45, 2.75) is 91.1 Å². The molecule has 1 saturated heterocycles. The van der Waals surface area contributed by atoms with Crippen molar-refractivity contribution in [3.8, 4) is 0 Å². The van der Waals surface area contributed by atoms with Crippen LogP contribution in [-0.4, -0.2) is 36.1 Å². The molecule has 0 aromatic carbocycles. The van der Waals surface area contributed by atoms with Gasteiger partial charge in [0, 0.05) is 24.7 Å². The summed E-state index contributed by atoms with van der Waals surface area (Å²) in [5, 5.41) is 3.71. The Morgan fingerprint density at radius 2 is 1.95 bits per heavy atom. The smallest absolute Gasteiger partial charge is 0.0220 e. The molecule has 2 nitrogen and oxygen atoms in total. The molecule has 0 amide bonds. The fraction of sp³-hybridized carbons (Fsp3) is 1.00. The van der Waals surface area contributed by atoms with Gasteiger partial charge in [-0.25, -0.2) is 0 Å². The van der Waals surface area contributed by atoms with Gasteiger partial charge in [-0.15, -0.1) is 0 Å². The summed E-state index contributed by atoms with van der Waals surface area (Å²) in [7, 11) is 0. The van der Waals surface area contributed by atoms with Crippen LogP contribution in [0, 0.1) is 5.92 Å². The van der Waals surface area contributed by atoms with E-state index in [0.29, 0.717) is 0 Å². The lowest BCUT2D eigenvalue weighted by atomic mass is 9.94. The number of likely N-dealkylation sites (tertiary alicyclic amines) is 1. The van der Waals surface area contributed by atoms with Crippen LogP contribution in [0.1, 0.15) is 79.6 Å². The fourth-order valence-electron chi connectivity index (χ4n) is 3.20. The number of unbranched alkanes of at least 4 members (excludes halogenated alkanes) is 1. The lowest BCUT2D eigenvalue weighted by Gasteiger charge is -2.39. The van der Waals surface area contributed by atoms with Gasteiger partial charge in [0.05, 0.1) is 0 Å². The first-order chi connectivity index (χ1) is 9.46. The van der Waals surface area contributed by atoms with Crippen LogP contribution in [0.2, 0.25) is 0 Å². The third-order valence-corrected chi connectivity index (χ3v) is 4.65. The highest BCUT2D eigenvalue weighted by molar-refractivity contribution is 4.83. The van der Waals surface area contributed by atoms with Gasteiger partial charge in [0.1, 0.15) is 0 Å². The van der Waals surface area contributed by atoms with Crippen molar-refractivity contribution >= 4 is 0 Å². The van der Waals surface area contributed by atoms with E-state index in [1.807, 2.05) is 0 Å². The van der Waals surface area contributed by atoms with Crippen LogP contribution in [-0.2, 0) is 0 Å². The van der Waals surface area contributed by atoms with Gasteiger partial charge in [-0.3, -0.25) is 4.90 Å². The maximum absolute atomic E-state index is 3.71. The van der Waals surface area contributed by atoms with Crippen LogP contribution >= 0.6 is 0 Å². The molecule has 1 aliphatic heterocycles. The lowest BCUT2D eigenvalue weighted by Crippen LogP contribution is -2.50. The average Bonchev–Trinajstić information content (AvgIpc) is 2.41. The number of hydrogen-bond acceptors (Lipinski definition) is 2. The van der Waals surface area contributed by atoms with Crippen molar-refractivity contribution in [3.05, 3.63) is 0 Å². The maximum atomic E-state index is 3.71. The van der Waals surface area contributed by atoms with Gasteiger partial charge in [-0.2, -0.15) is 0 Å². The van der Waals surface area contributed by atoms with Crippen molar-refractivity contribution in [1.29, 1.82) is 0 Å². The van der Waals surface area contributed by atoms with Crippen molar-refractivity contribution in [2.75, 3.05) is 19.6 Å². The van der Waals surface area contributed by atoms with Crippen LogP contribution in [0.5, 0.6) is 0 Å². The van der Waals surface area contributed by atoms with Crippen molar-refractivity contribution in [1.82, 2.24) is 10.2 Å². The predicted molar refractivity (Wildman–Crippen MR) is 90.3 cm³/mol. The molecule has 1 N–H and O–H groups in total. The summed E-state index contributed by atoms with van der Waals surface area (Å²) in [6, 6.07) is 0.763. The molecule has 0 bridgehead atoms. The largest absolute Gasteiger partial charge is 0.311 e. The maximum Gasteiger partial charge on any atom is 0.0220 e. The van der Waals surface area contributed by atoms with Crippen LogP contribution in [0.15, 0.2) is 0 Å². The van der Waals surface area contributed by atoms with E-state index in [1.165, 1.54) is 58.0 Å². The number of hydrogen-bond donors (Lipinski definition) is 1. The Bertz CT molecular complexity index is 244. The van der Waals surface area contributed by atoms with Gasteiger partial charge >= 0.3 is 0 Å². The molecule has 0 aliphatic carbocycles. The molecule has 0 saturated carbocycles. The Balaban J connectivity index is 2.45. The standard InChI is InChI=1S/C18H38N2/c1-6-8-11-16(7-2)15-20-13-10-9-12-17(20)14-19-18(3,4)5/h16-17,19H,6-15H2,1-5H3. The zero-order valence-electron chi connectivity index (χ0n) is 14.7. The van der Waals surface area contributed by atoms with Gasteiger partial charge < -0.3 is 5.32 Å². The summed E-state index contributed by atoms with van der Waals surface area (Å²) in [4.78, 5) is 2.78. The highest BCUT2D eigenvalue weighted by Gasteiger charge is 2.25. The number of piperidine rings is 1. The lowest BCUT2D eigenvalue weighted by molar-refractivity contribution is 0.113. The molecule has 0 aromatic heterocycles. The second-order valence-corrected chi connectivity index (χ2v) is 7.69. The number of rotatable bonds is 8. The summed E-state index contributed by atoms with van der Waals surface area (Å²) >= 11 is 0. The number of nitrogens with zero attached hydrogens (tertiary/aromatic N) is 1. The Labute approximate surface area is 127 Å². The Morgan fingerprint density at radius 1 is 1.20 bits per heavy atom. The molecule has 2 unspecified atom stereocenters. The molecule has 0 radical (unpaired) electrons. The second kappa shape index (κ2) is 9.04. The number of nitrogens with one attached hydrogen (secondary N) is 1. The molecule has 1 heterocycles. The molecular formula is C18H38N2. The van der Waals surface area contributed by atoms with E-state index in [1.54, 1.807) is 0 Å². The third kappa shape index (κ3) is 7.08. The van der Waals surface area contributed by atoms with E-state index < -0.39 is 0 Å². The SMILES string of the molecule is CCCCC(CC)CN1CCCCC1CNC(C)(C)C. The molecule has 1 aliphatic rings. The Hall–Kier alpha value is -0.0800. The summed E-state index contributed by atoms with van der Waals surface area (Å²) in [5.41, 5.74) is 0.246. The predicted octanol–water partition coefficient (Wildman–Crippen LogP) is 4.45. The summed E-state index contributed by atoms with van der Waals surface area (Å²) < 4.78 is 0. The first-order valence-corrected chi connectivity index (χ1v) is 8.95. The first-order valence-electron chi connectivity index (χ1n) is 8.95. The highest BCUT2D eigenvalue weighted by Crippen LogP contribution is 2.22. The molecule has 0 aromatic rings. The van der Waals surface area contributed by atoms with Crippen LogP contribution in [0.25, 0.3) is 0 Å². The topological polar surface area (TPSA) is 15.3 Å². The highest BCUT2D eigenvalue weighted by atomic mass is 15.2. The van der Waals surface area contributed by atoms with E-state index >= 15 is 0 Å². The molecule has 0 spiro atoms. The molecule has 120 valence electrons. The summed E-state index contributed by atoms with van der Waals surface area (Å²) in [6.45, 7) is 15.3.